The molecule has 0 radical (unpaired) electrons. The number of nitrogens with two attached hydrogens (primary N) is 1. The van der Waals surface area contributed by atoms with Crippen LogP contribution in [0.25, 0.3) is 11.1 Å². The number of aliphatic hydroxyl groups excluding tert-OH is 1. The average Bonchev–Trinajstić information content (AvgIpc) is 2.58. The molecule has 2 rings (SSSR count). The fraction of sp³-hybridized carbons (Fsp3) is 0.300. The molecule has 0 aliphatic heterocycles. The number of rotatable bonds is 5. The summed E-state index contributed by atoms with van der Waals surface area (Å²) in [5.41, 5.74) is 9.69. The summed E-state index contributed by atoms with van der Waals surface area (Å²) in [5.74, 6) is 0. The minimum atomic E-state index is -0.549. The van der Waals surface area contributed by atoms with Gasteiger partial charge in [0.15, 0.2) is 0 Å². The van der Waals surface area contributed by atoms with Gasteiger partial charge in [0.05, 0.1) is 6.61 Å². The molecular formula is C20H25N3O3. The summed E-state index contributed by atoms with van der Waals surface area (Å²) in [5, 5.41) is 19.8. The lowest BCUT2D eigenvalue weighted by Gasteiger charge is -2.19. The smallest absolute Gasteiger partial charge is 0.407 e. The second kappa shape index (κ2) is 8.01. The largest absolute Gasteiger partial charge is 0.444 e. The monoisotopic (exact) mass is 355 g/mol. The Morgan fingerprint density at radius 3 is 2.62 bits per heavy atom. The highest BCUT2D eigenvalue weighted by Gasteiger charge is 2.16. The van der Waals surface area contributed by atoms with E-state index in [2.05, 4.69) is 5.32 Å². The van der Waals surface area contributed by atoms with Crippen LogP contribution in [-0.4, -0.2) is 23.0 Å². The van der Waals surface area contributed by atoms with Crippen molar-refractivity contribution in [2.24, 2.45) is 0 Å². The van der Waals surface area contributed by atoms with Gasteiger partial charge in [-0.2, -0.15) is 0 Å². The Balaban J connectivity index is 2.26. The van der Waals surface area contributed by atoms with Gasteiger partial charge in [-0.05, 0) is 61.2 Å². The first-order valence-corrected chi connectivity index (χ1v) is 8.33. The minimum Gasteiger partial charge on any atom is -0.444 e. The number of hydrogen-bond acceptors (Lipinski definition) is 5. The number of hydrogen-bond donors (Lipinski definition) is 4. The van der Waals surface area contributed by atoms with Gasteiger partial charge in [0, 0.05) is 24.0 Å². The van der Waals surface area contributed by atoms with Crippen LogP contribution in [0.5, 0.6) is 0 Å². The van der Waals surface area contributed by atoms with Crippen molar-refractivity contribution in [1.29, 1.82) is 5.41 Å². The van der Waals surface area contributed by atoms with Crippen molar-refractivity contribution in [2.75, 3.05) is 5.73 Å². The number of amides is 1. The first-order chi connectivity index (χ1) is 12.2. The highest BCUT2D eigenvalue weighted by molar-refractivity contribution is 5.95. The summed E-state index contributed by atoms with van der Waals surface area (Å²) in [6, 6.07) is 11.1. The fourth-order valence-electron chi connectivity index (χ4n) is 2.57. The van der Waals surface area contributed by atoms with Gasteiger partial charge in [-0.1, -0.05) is 18.2 Å². The van der Waals surface area contributed by atoms with Crippen molar-refractivity contribution < 1.29 is 14.6 Å². The lowest BCUT2D eigenvalue weighted by Crippen LogP contribution is -2.32. The molecule has 0 unspecified atom stereocenters. The number of carbonyl (C=O) groups excluding carboxylic acids is 1. The SMILES string of the molecule is CC(C)(C)OC(=O)NCc1cccc(-c2cc(CO)cc(N)c2C=N)c1. The third-order valence-electron chi connectivity index (χ3n) is 3.67. The predicted octanol–water partition coefficient (Wildman–Crippen LogP) is 3.45. The zero-order chi connectivity index (χ0) is 19.3. The summed E-state index contributed by atoms with van der Waals surface area (Å²) in [4.78, 5) is 11.8. The Labute approximate surface area is 153 Å². The first-order valence-electron chi connectivity index (χ1n) is 8.33. The van der Waals surface area contributed by atoms with E-state index >= 15 is 0 Å². The summed E-state index contributed by atoms with van der Waals surface area (Å²) in [6.45, 7) is 5.62. The summed E-state index contributed by atoms with van der Waals surface area (Å²) in [6.07, 6.45) is 0.729. The van der Waals surface area contributed by atoms with Crippen molar-refractivity contribution in [1.82, 2.24) is 5.32 Å². The average molecular weight is 355 g/mol. The van der Waals surface area contributed by atoms with Gasteiger partial charge in [0.2, 0.25) is 0 Å². The van der Waals surface area contributed by atoms with E-state index in [-0.39, 0.29) is 6.61 Å². The normalized spacial score (nSPS) is 11.1. The molecule has 0 saturated carbocycles. The molecule has 0 aromatic heterocycles. The van der Waals surface area contributed by atoms with Crippen LogP contribution in [0.3, 0.4) is 0 Å². The maximum Gasteiger partial charge on any atom is 0.407 e. The van der Waals surface area contributed by atoms with E-state index in [1.165, 1.54) is 6.21 Å². The second-order valence-corrected chi connectivity index (χ2v) is 7.00. The lowest BCUT2D eigenvalue weighted by atomic mass is 9.95. The Morgan fingerprint density at radius 2 is 2.00 bits per heavy atom. The molecule has 138 valence electrons. The van der Waals surface area contributed by atoms with Crippen LogP contribution < -0.4 is 11.1 Å². The summed E-state index contributed by atoms with van der Waals surface area (Å²) >= 11 is 0. The Bertz CT molecular complexity index is 810. The number of ether oxygens (including phenoxy) is 1. The van der Waals surface area contributed by atoms with Crippen LogP contribution in [0, 0.1) is 5.41 Å². The van der Waals surface area contributed by atoms with Gasteiger partial charge in [-0.3, -0.25) is 0 Å². The van der Waals surface area contributed by atoms with Crippen LogP contribution in [-0.2, 0) is 17.9 Å². The molecule has 6 heteroatoms. The molecule has 2 aromatic carbocycles. The molecule has 0 aliphatic carbocycles. The van der Waals surface area contributed by atoms with E-state index in [9.17, 15) is 9.90 Å². The van der Waals surface area contributed by atoms with Crippen LogP contribution in [0.1, 0.15) is 37.5 Å². The number of nitrogens with one attached hydrogen (secondary N) is 2. The van der Waals surface area contributed by atoms with E-state index < -0.39 is 11.7 Å². The van der Waals surface area contributed by atoms with Crippen LogP contribution >= 0.6 is 0 Å². The van der Waals surface area contributed by atoms with Gasteiger partial charge in [0.25, 0.3) is 0 Å². The maximum atomic E-state index is 11.8. The highest BCUT2D eigenvalue weighted by Crippen LogP contribution is 2.29. The third-order valence-corrected chi connectivity index (χ3v) is 3.67. The minimum absolute atomic E-state index is 0.130. The molecule has 1 amide bonds. The Hall–Kier alpha value is -2.86. The van der Waals surface area contributed by atoms with Gasteiger partial charge in [-0.15, -0.1) is 0 Å². The topological polar surface area (TPSA) is 108 Å². The fourth-order valence-corrected chi connectivity index (χ4v) is 2.57. The zero-order valence-corrected chi connectivity index (χ0v) is 15.3. The standard InChI is InChI=1S/C20H25N3O3/c1-20(2,3)26-19(25)23-11-13-5-4-6-15(7-13)16-8-14(12-24)9-18(22)17(16)10-21/h4-10,21,24H,11-12,22H2,1-3H3,(H,23,25). The molecular weight excluding hydrogens is 330 g/mol. The van der Waals surface area contributed by atoms with E-state index in [0.29, 0.717) is 23.4 Å². The van der Waals surface area contributed by atoms with Gasteiger partial charge in [-0.25, -0.2) is 4.79 Å². The van der Waals surface area contributed by atoms with Crippen LogP contribution in [0.4, 0.5) is 10.5 Å². The number of anilines is 1. The lowest BCUT2D eigenvalue weighted by molar-refractivity contribution is 0.0523. The zero-order valence-electron chi connectivity index (χ0n) is 15.3. The maximum absolute atomic E-state index is 11.8. The van der Waals surface area contributed by atoms with Crippen molar-refractivity contribution in [3.8, 4) is 11.1 Å². The third kappa shape index (κ3) is 5.07. The molecule has 2 aromatic rings. The Kier molecular flexibility index (Phi) is 6.00. The van der Waals surface area contributed by atoms with Crippen LogP contribution in [0.15, 0.2) is 36.4 Å². The molecule has 0 bridgehead atoms. The van der Waals surface area contributed by atoms with Crippen molar-refractivity contribution >= 4 is 18.0 Å². The van der Waals surface area contributed by atoms with E-state index in [1.807, 2.05) is 51.1 Å². The quantitative estimate of drug-likeness (QED) is 0.486. The summed E-state index contributed by atoms with van der Waals surface area (Å²) < 4.78 is 5.23. The molecule has 6 nitrogen and oxygen atoms in total. The Morgan fingerprint density at radius 1 is 1.27 bits per heavy atom. The molecule has 5 N–H and O–H groups in total. The second-order valence-electron chi connectivity index (χ2n) is 7.00. The number of aliphatic hydroxyl groups is 1. The highest BCUT2D eigenvalue weighted by atomic mass is 16.6. The predicted molar refractivity (Wildman–Crippen MR) is 103 cm³/mol. The number of carbonyl (C=O) groups is 1. The van der Waals surface area contributed by atoms with E-state index in [4.69, 9.17) is 15.9 Å². The molecule has 0 spiro atoms. The van der Waals surface area contributed by atoms with Gasteiger partial charge < -0.3 is 26.3 Å². The van der Waals surface area contributed by atoms with Crippen molar-refractivity contribution in [2.45, 2.75) is 39.5 Å². The van der Waals surface area contributed by atoms with E-state index in [0.717, 1.165) is 16.7 Å². The van der Waals surface area contributed by atoms with E-state index in [1.54, 1.807) is 6.07 Å². The number of benzene rings is 2. The molecule has 0 fully saturated rings. The van der Waals surface area contributed by atoms with Gasteiger partial charge in [0.1, 0.15) is 5.60 Å². The molecule has 0 heterocycles. The summed E-state index contributed by atoms with van der Waals surface area (Å²) in [7, 11) is 0. The number of nitrogen functional groups attached to an aromatic ring is 1. The van der Waals surface area contributed by atoms with Crippen molar-refractivity contribution in [3.63, 3.8) is 0 Å². The molecule has 0 saturated heterocycles. The number of alkyl carbamates (subject to hydrolysis) is 1. The molecule has 26 heavy (non-hydrogen) atoms. The first kappa shape index (κ1) is 19.5. The molecule has 0 atom stereocenters. The van der Waals surface area contributed by atoms with Crippen LogP contribution in [0.2, 0.25) is 0 Å². The molecule has 0 aliphatic rings. The van der Waals surface area contributed by atoms with Crippen molar-refractivity contribution in [3.05, 3.63) is 53.1 Å². The van der Waals surface area contributed by atoms with Gasteiger partial charge >= 0.3 is 6.09 Å².